The van der Waals surface area contributed by atoms with Gasteiger partial charge in [-0.1, -0.05) is 30.3 Å². The van der Waals surface area contributed by atoms with E-state index in [1.54, 1.807) is 0 Å². The molecule has 0 spiro atoms. The molecule has 148 valence electrons. The first-order valence-electron chi connectivity index (χ1n) is 10.0. The van der Waals surface area contributed by atoms with Crippen LogP contribution in [-0.4, -0.2) is 66.5 Å². The Kier molecular flexibility index (Phi) is 6.85. The Morgan fingerprint density at radius 2 is 1.93 bits per heavy atom. The number of piperidine rings is 1. The zero-order valence-corrected chi connectivity index (χ0v) is 16.3. The molecule has 2 aliphatic rings. The molecule has 2 saturated heterocycles. The van der Waals surface area contributed by atoms with E-state index in [1.165, 1.54) is 0 Å². The Bertz CT molecular complexity index is 631. The molecule has 0 radical (unpaired) electrons. The summed E-state index contributed by atoms with van der Waals surface area (Å²) in [7, 11) is 0. The summed E-state index contributed by atoms with van der Waals surface area (Å²) in [5.41, 5.74) is 0.310. The molecule has 1 N–H and O–H groups in total. The summed E-state index contributed by atoms with van der Waals surface area (Å²) in [5, 5.41) is 3.04. The van der Waals surface area contributed by atoms with Gasteiger partial charge in [-0.2, -0.15) is 0 Å². The number of rotatable bonds is 7. The first-order chi connectivity index (χ1) is 13.1. The predicted molar refractivity (Wildman–Crippen MR) is 104 cm³/mol. The Hall–Kier alpha value is -1.92. The lowest BCUT2D eigenvalue weighted by Crippen LogP contribution is -2.61. The molecule has 6 nitrogen and oxygen atoms in total. The van der Waals surface area contributed by atoms with Gasteiger partial charge >= 0.3 is 0 Å². The number of hydrogen-bond acceptors (Lipinski definition) is 4. The van der Waals surface area contributed by atoms with E-state index in [0.29, 0.717) is 19.5 Å². The van der Waals surface area contributed by atoms with Gasteiger partial charge in [0.05, 0.1) is 13.2 Å². The first-order valence-corrected chi connectivity index (χ1v) is 10.0. The van der Waals surface area contributed by atoms with Crippen LogP contribution in [0.25, 0.3) is 0 Å². The van der Waals surface area contributed by atoms with Crippen LogP contribution >= 0.6 is 0 Å². The molecule has 0 bridgehead atoms. The van der Waals surface area contributed by atoms with Gasteiger partial charge in [0.15, 0.2) is 0 Å². The van der Waals surface area contributed by atoms with Gasteiger partial charge < -0.3 is 15.0 Å². The summed E-state index contributed by atoms with van der Waals surface area (Å²) in [4.78, 5) is 29.7. The van der Waals surface area contributed by atoms with Gasteiger partial charge in [0, 0.05) is 39.1 Å². The van der Waals surface area contributed by atoms with Crippen molar-refractivity contribution in [2.75, 3.05) is 39.4 Å². The fourth-order valence-electron chi connectivity index (χ4n) is 3.98. The maximum Gasteiger partial charge on any atom is 0.245 e. The number of nitrogens with one attached hydrogen (secondary N) is 1. The molecule has 2 fully saturated rings. The van der Waals surface area contributed by atoms with E-state index >= 15 is 0 Å². The fraction of sp³-hybridized carbons (Fsp3) is 0.619. The molecule has 2 heterocycles. The van der Waals surface area contributed by atoms with E-state index < -0.39 is 5.54 Å². The molecule has 27 heavy (non-hydrogen) atoms. The van der Waals surface area contributed by atoms with Gasteiger partial charge in [0.1, 0.15) is 5.54 Å². The molecule has 1 aromatic carbocycles. The highest BCUT2D eigenvalue weighted by Gasteiger charge is 2.44. The van der Waals surface area contributed by atoms with Gasteiger partial charge in [-0.3, -0.25) is 14.5 Å². The molecule has 2 aliphatic heterocycles. The lowest BCUT2D eigenvalue weighted by molar-refractivity contribution is -0.151. The van der Waals surface area contributed by atoms with E-state index in [0.717, 1.165) is 57.7 Å². The molecule has 6 heteroatoms. The lowest BCUT2D eigenvalue weighted by Gasteiger charge is -2.43. The van der Waals surface area contributed by atoms with Gasteiger partial charge in [0.25, 0.3) is 0 Å². The molecule has 3 rings (SSSR count). The van der Waals surface area contributed by atoms with E-state index in [2.05, 4.69) is 10.2 Å². The monoisotopic (exact) mass is 373 g/mol. The number of nitrogens with zero attached hydrogens (tertiary/aromatic N) is 2. The standard InChI is InChI=1S/C21H31N3O3/c1-21(20(26)22-17-18-7-3-2-4-8-18)10-5-9-19(25)24(21)12-6-11-23-13-15-27-16-14-23/h2-4,7-8H,5-6,9-17H2,1H3,(H,22,26). The highest BCUT2D eigenvalue weighted by molar-refractivity contribution is 5.92. The number of amides is 2. The molecule has 1 unspecified atom stereocenters. The Morgan fingerprint density at radius 3 is 2.67 bits per heavy atom. The van der Waals surface area contributed by atoms with E-state index in [-0.39, 0.29) is 11.8 Å². The number of carbonyl (C=O) groups is 2. The van der Waals surface area contributed by atoms with Crippen molar-refractivity contribution in [2.45, 2.75) is 44.7 Å². The average Bonchev–Trinajstić information content (AvgIpc) is 2.70. The molecule has 2 amide bonds. The highest BCUT2D eigenvalue weighted by atomic mass is 16.5. The van der Waals surface area contributed by atoms with Crippen LogP contribution in [0, 0.1) is 0 Å². The second-order valence-electron chi connectivity index (χ2n) is 7.65. The number of ether oxygens (including phenoxy) is 1. The van der Waals surface area contributed by atoms with E-state index in [4.69, 9.17) is 4.74 Å². The highest BCUT2D eigenvalue weighted by Crippen LogP contribution is 2.29. The largest absolute Gasteiger partial charge is 0.379 e. The van der Waals surface area contributed by atoms with Crippen LogP contribution in [0.2, 0.25) is 0 Å². The van der Waals surface area contributed by atoms with Gasteiger partial charge in [-0.25, -0.2) is 0 Å². The Balaban J connectivity index is 1.57. The molecule has 1 atom stereocenters. The van der Waals surface area contributed by atoms with Crippen LogP contribution in [-0.2, 0) is 20.9 Å². The summed E-state index contributed by atoms with van der Waals surface area (Å²) >= 11 is 0. The van der Waals surface area contributed by atoms with Crippen LogP contribution < -0.4 is 5.32 Å². The molecule has 0 saturated carbocycles. The molecule has 0 aromatic heterocycles. The number of hydrogen-bond donors (Lipinski definition) is 1. The third-order valence-electron chi connectivity index (χ3n) is 5.70. The minimum Gasteiger partial charge on any atom is -0.379 e. The predicted octanol–water partition coefficient (Wildman–Crippen LogP) is 1.80. The normalized spacial score (nSPS) is 24.0. The summed E-state index contributed by atoms with van der Waals surface area (Å²) in [6.45, 7) is 7.43. The third-order valence-corrected chi connectivity index (χ3v) is 5.70. The zero-order chi connectivity index (χ0) is 19.1. The zero-order valence-electron chi connectivity index (χ0n) is 16.3. The second kappa shape index (κ2) is 9.33. The SMILES string of the molecule is CC1(C(=O)NCc2ccccc2)CCCC(=O)N1CCCN1CCOCC1. The summed E-state index contributed by atoms with van der Waals surface area (Å²) in [6.07, 6.45) is 2.91. The van der Waals surface area contributed by atoms with Crippen LogP contribution in [0.15, 0.2) is 30.3 Å². The van der Waals surface area contributed by atoms with Crippen molar-refractivity contribution in [3.05, 3.63) is 35.9 Å². The molecule has 1 aromatic rings. The average molecular weight is 373 g/mol. The van der Waals surface area contributed by atoms with Crippen molar-refractivity contribution in [1.82, 2.24) is 15.1 Å². The topological polar surface area (TPSA) is 61.9 Å². The van der Waals surface area contributed by atoms with Crippen molar-refractivity contribution >= 4 is 11.8 Å². The maximum absolute atomic E-state index is 13.0. The fourth-order valence-corrected chi connectivity index (χ4v) is 3.98. The Morgan fingerprint density at radius 1 is 1.19 bits per heavy atom. The van der Waals surface area contributed by atoms with Crippen LogP contribution in [0.4, 0.5) is 0 Å². The van der Waals surface area contributed by atoms with E-state index in [1.807, 2.05) is 42.2 Å². The third kappa shape index (κ3) is 5.08. The maximum atomic E-state index is 13.0. The number of benzene rings is 1. The number of likely N-dealkylation sites (tertiary alicyclic amines) is 1. The van der Waals surface area contributed by atoms with Crippen molar-refractivity contribution in [2.24, 2.45) is 0 Å². The van der Waals surface area contributed by atoms with Gasteiger partial charge in [-0.05, 0) is 31.7 Å². The van der Waals surface area contributed by atoms with Crippen molar-refractivity contribution < 1.29 is 14.3 Å². The summed E-state index contributed by atoms with van der Waals surface area (Å²) < 4.78 is 5.38. The van der Waals surface area contributed by atoms with Gasteiger partial charge in [0.2, 0.25) is 11.8 Å². The van der Waals surface area contributed by atoms with Gasteiger partial charge in [-0.15, -0.1) is 0 Å². The summed E-state index contributed by atoms with van der Waals surface area (Å²) in [6, 6.07) is 9.88. The van der Waals surface area contributed by atoms with E-state index in [9.17, 15) is 9.59 Å². The van der Waals surface area contributed by atoms with Crippen molar-refractivity contribution in [3.8, 4) is 0 Å². The van der Waals surface area contributed by atoms with Crippen molar-refractivity contribution in [3.63, 3.8) is 0 Å². The number of carbonyl (C=O) groups excluding carboxylic acids is 2. The summed E-state index contributed by atoms with van der Waals surface area (Å²) in [5.74, 6) is 0.0476. The molecular weight excluding hydrogens is 342 g/mol. The minimum atomic E-state index is -0.755. The molecule has 0 aliphatic carbocycles. The molecular formula is C21H31N3O3. The lowest BCUT2D eigenvalue weighted by atomic mass is 9.86. The quantitative estimate of drug-likeness (QED) is 0.792. The smallest absolute Gasteiger partial charge is 0.245 e. The van der Waals surface area contributed by atoms with Crippen LogP contribution in [0.3, 0.4) is 0 Å². The second-order valence-corrected chi connectivity index (χ2v) is 7.65. The number of morpholine rings is 1. The van der Waals surface area contributed by atoms with Crippen molar-refractivity contribution in [1.29, 1.82) is 0 Å². The van der Waals surface area contributed by atoms with Crippen LogP contribution in [0.5, 0.6) is 0 Å². The first kappa shape index (κ1) is 19.8. The van der Waals surface area contributed by atoms with Crippen LogP contribution in [0.1, 0.15) is 38.2 Å². The Labute approximate surface area is 161 Å². The minimum absolute atomic E-state index is 0.0502.